The molecule has 2 nitrogen and oxygen atoms in total. The summed E-state index contributed by atoms with van der Waals surface area (Å²) in [5.74, 6) is 0.264. The lowest BCUT2D eigenvalue weighted by molar-refractivity contribution is 0.0976. The molecule has 0 spiro atoms. The number of carbonyl (C=O) groups is 1. The smallest absolute Gasteiger partial charge is 0.174 e. The van der Waals surface area contributed by atoms with Gasteiger partial charge in [-0.3, -0.25) is 4.79 Å². The number of carbonyl (C=O) groups excluding carboxylic acids is 1. The zero-order chi connectivity index (χ0) is 11.1. The summed E-state index contributed by atoms with van der Waals surface area (Å²) < 4.78 is 1.08. The molecule has 2 heterocycles. The van der Waals surface area contributed by atoms with Crippen molar-refractivity contribution in [3.8, 4) is 9.88 Å². The Morgan fingerprint density at radius 2 is 2.25 bits per heavy atom. The Kier molecular flexibility index (Phi) is 2.69. The summed E-state index contributed by atoms with van der Waals surface area (Å²) in [4.78, 5) is 18.3. The van der Waals surface area contributed by atoms with E-state index in [1.807, 2.05) is 5.38 Å². The number of halogens is 1. The van der Waals surface area contributed by atoms with Crippen LogP contribution in [0.25, 0.3) is 9.88 Å². The number of thiazole rings is 1. The molecule has 0 N–H and O–H groups in total. The SMILES string of the molecule is O=C1CCCc2nc(-c3cc(Br)cs3)sc21. The second kappa shape index (κ2) is 4.05. The Morgan fingerprint density at radius 3 is 2.94 bits per heavy atom. The summed E-state index contributed by atoms with van der Waals surface area (Å²) in [6.45, 7) is 0. The molecular weight excluding hydrogens is 306 g/mol. The summed E-state index contributed by atoms with van der Waals surface area (Å²) in [5, 5.41) is 3.02. The van der Waals surface area contributed by atoms with E-state index in [1.54, 1.807) is 11.3 Å². The van der Waals surface area contributed by atoms with Crippen LogP contribution in [0.15, 0.2) is 15.9 Å². The van der Waals surface area contributed by atoms with Gasteiger partial charge < -0.3 is 0 Å². The van der Waals surface area contributed by atoms with Crippen LogP contribution in [0.5, 0.6) is 0 Å². The van der Waals surface area contributed by atoms with Crippen LogP contribution in [0, 0.1) is 0 Å². The predicted octanol–water partition coefficient (Wildman–Crippen LogP) is 4.15. The van der Waals surface area contributed by atoms with Gasteiger partial charge in [0.25, 0.3) is 0 Å². The molecule has 0 aliphatic heterocycles. The van der Waals surface area contributed by atoms with Crippen molar-refractivity contribution in [3.63, 3.8) is 0 Å². The van der Waals surface area contributed by atoms with E-state index in [0.29, 0.717) is 6.42 Å². The summed E-state index contributed by atoms with van der Waals surface area (Å²) >= 11 is 6.63. The lowest BCUT2D eigenvalue weighted by Crippen LogP contribution is -2.07. The van der Waals surface area contributed by atoms with Crippen LogP contribution in [0.3, 0.4) is 0 Å². The number of thiophene rings is 1. The first-order valence-corrected chi connectivity index (χ1v) is 7.50. The molecular formula is C11H8BrNOS2. The van der Waals surface area contributed by atoms with Gasteiger partial charge in [-0.1, -0.05) is 0 Å². The molecule has 0 radical (unpaired) electrons. The summed E-state index contributed by atoms with van der Waals surface area (Å²) in [5.41, 5.74) is 1.00. The van der Waals surface area contributed by atoms with Gasteiger partial charge in [0.2, 0.25) is 0 Å². The molecule has 5 heteroatoms. The van der Waals surface area contributed by atoms with Crippen LogP contribution in [0.1, 0.15) is 28.2 Å². The first kappa shape index (κ1) is 10.6. The minimum atomic E-state index is 0.264. The van der Waals surface area contributed by atoms with Gasteiger partial charge in [0, 0.05) is 16.3 Å². The minimum absolute atomic E-state index is 0.264. The van der Waals surface area contributed by atoms with Crippen molar-refractivity contribution in [2.24, 2.45) is 0 Å². The highest BCUT2D eigenvalue weighted by Gasteiger charge is 2.22. The van der Waals surface area contributed by atoms with Gasteiger partial charge in [0.1, 0.15) is 5.01 Å². The van der Waals surface area contributed by atoms with Crippen molar-refractivity contribution in [3.05, 3.63) is 26.5 Å². The maximum absolute atomic E-state index is 11.7. The molecule has 0 amide bonds. The second-order valence-corrected chi connectivity index (χ2v) is 6.53. The predicted molar refractivity (Wildman–Crippen MR) is 70.4 cm³/mol. The number of rotatable bonds is 1. The average molecular weight is 314 g/mol. The molecule has 0 atom stereocenters. The van der Waals surface area contributed by atoms with Crippen molar-refractivity contribution < 1.29 is 4.79 Å². The molecule has 0 saturated heterocycles. The summed E-state index contributed by atoms with van der Waals surface area (Å²) in [6, 6.07) is 2.05. The van der Waals surface area contributed by atoms with Crippen molar-refractivity contribution in [1.29, 1.82) is 0 Å². The van der Waals surface area contributed by atoms with E-state index in [2.05, 4.69) is 27.0 Å². The number of hydrogen-bond donors (Lipinski definition) is 0. The van der Waals surface area contributed by atoms with Crippen molar-refractivity contribution in [2.75, 3.05) is 0 Å². The number of hydrogen-bond acceptors (Lipinski definition) is 4. The van der Waals surface area contributed by atoms with E-state index in [9.17, 15) is 4.79 Å². The van der Waals surface area contributed by atoms with Gasteiger partial charge >= 0.3 is 0 Å². The minimum Gasteiger partial charge on any atom is -0.293 e. The standard InChI is InChI=1S/C11H8BrNOS2/c12-6-4-9(15-5-6)11-13-7-2-1-3-8(14)10(7)16-11/h4-5H,1-3H2. The largest absolute Gasteiger partial charge is 0.293 e. The van der Waals surface area contributed by atoms with Gasteiger partial charge in [-0.15, -0.1) is 22.7 Å². The van der Waals surface area contributed by atoms with E-state index in [0.717, 1.165) is 37.8 Å². The number of ketones is 1. The maximum atomic E-state index is 11.7. The monoisotopic (exact) mass is 313 g/mol. The fourth-order valence-corrected chi connectivity index (χ4v) is 4.37. The number of fused-ring (bicyclic) bond motifs is 1. The molecule has 0 fully saturated rings. The molecule has 82 valence electrons. The first-order valence-electron chi connectivity index (χ1n) is 5.01. The highest BCUT2D eigenvalue weighted by Crippen LogP contribution is 2.36. The second-order valence-electron chi connectivity index (χ2n) is 3.70. The molecule has 1 aliphatic rings. The molecule has 3 rings (SSSR count). The molecule has 0 unspecified atom stereocenters. The number of aryl methyl sites for hydroxylation is 1. The molecule has 1 aliphatic carbocycles. The lowest BCUT2D eigenvalue weighted by Gasteiger charge is -2.06. The first-order chi connectivity index (χ1) is 7.74. The highest BCUT2D eigenvalue weighted by atomic mass is 79.9. The van der Waals surface area contributed by atoms with E-state index in [-0.39, 0.29) is 5.78 Å². The van der Waals surface area contributed by atoms with Crippen molar-refractivity contribution in [1.82, 2.24) is 4.98 Å². The van der Waals surface area contributed by atoms with Crippen LogP contribution >= 0.6 is 38.6 Å². The maximum Gasteiger partial charge on any atom is 0.174 e. The average Bonchev–Trinajstić information content (AvgIpc) is 2.84. The topological polar surface area (TPSA) is 30.0 Å². The Bertz CT molecular complexity index is 558. The Balaban J connectivity index is 2.07. The zero-order valence-electron chi connectivity index (χ0n) is 8.33. The quantitative estimate of drug-likeness (QED) is 0.791. The van der Waals surface area contributed by atoms with E-state index in [1.165, 1.54) is 11.3 Å². The number of aromatic nitrogens is 1. The highest BCUT2D eigenvalue weighted by molar-refractivity contribution is 9.10. The van der Waals surface area contributed by atoms with Gasteiger partial charge in [-0.25, -0.2) is 4.98 Å². The fraction of sp³-hybridized carbons (Fsp3) is 0.273. The lowest BCUT2D eigenvalue weighted by atomic mass is 10.0. The third kappa shape index (κ3) is 1.77. The number of Topliss-reactive ketones (excluding diaryl/α,β-unsaturated/α-hetero) is 1. The van der Waals surface area contributed by atoms with E-state index >= 15 is 0 Å². The summed E-state index contributed by atoms with van der Waals surface area (Å²) in [6.07, 6.45) is 2.58. The van der Waals surface area contributed by atoms with E-state index in [4.69, 9.17) is 0 Å². The van der Waals surface area contributed by atoms with Crippen molar-refractivity contribution in [2.45, 2.75) is 19.3 Å². The third-order valence-electron chi connectivity index (χ3n) is 2.55. The van der Waals surface area contributed by atoms with Gasteiger partial charge in [0.15, 0.2) is 5.78 Å². The summed E-state index contributed by atoms with van der Waals surface area (Å²) in [7, 11) is 0. The molecule has 2 aromatic rings. The molecule has 0 saturated carbocycles. The Labute approximate surface area is 109 Å². The Morgan fingerprint density at radius 1 is 1.38 bits per heavy atom. The Hall–Kier alpha value is -0.520. The van der Waals surface area contributed by atoms with Gasteiger partial charge in [-0.05, 0) is 34.8 Å². The van der Waals surface area contributed by atoms with Crippen LogP contribution in [0.2, 0.25) is 0 Å². The van der Waals surface area contributed by atoms with Gasteiger partial charge in [0.05, 0.1) is 15.4 Å². The molecule has 2 aromatic heterocycles. The van der Waals surface area contributed by atoms with Crippen LogP contribution in [0.4, 0.5) is 0 Å². The van der Waals surface area contributed by atoms with E-state index < -0.39 is 0 Å². The van der Waals surface area contributed by atoms with Crippen molar-refractivity contribution >= 4 is 44.4 Å². The fourth-order valence-electron chi connectivity index (χ4n) is 1.80. The van der Waals surface area contributed by atoms with Gasteiger partial charge in [-0.2, -0.15) is 0 Å². The van der Waals surface area contributed by atoms with Crippen LogP contribution in [-0.2, 0) is 6.42 Å². The molecule has 0 bridgehead atoms. The zero-order valence-corrected chi connectivity index (χ0v) is 11.5. The number of nitrogens with zero attached hydrogens (tertiary/aromatic N) is 1. The molecule has 0 aromatic carbocycles. The normalized spacial score (nSPS) is 15.2. The molecule has 16 heavy (non-hydrogen) atoms. The third-order valence-corrected chi connectivity index (χ3v) is 5.55. The van der Waals surface area contributed by atoms with Crippen LogP contribution < -0.4 is 0 Å². The van der Waals surface area contributed by atoms with Crippen LogP contribution in [-0.4, -0.2) is 10.8 Å².